The van der Waals surface area contributed by atoms with E-state index in [1.54, 1.807) is 6.92 Å². The zero-order valence-electron chi connectivity index (χ0n) is 4.81. The molecule has 2 N–H and O–H groups in total. The summed E-state index contributed by atoms with van der Waals surface area (Å²) >= 11 is 0. The minimum absolute atomic E-state index is 0.185. The lowest BCUT2D eigenvalue weighted by Crippen LogP contribution is -2.36. The molecule has 1 atom stereocenters. The van der Waals surface area contributed by atoms with E-state index in [1.807, 2.05) is 0 Å². The molecule has 0 aromatic heterocycles. The lowest BCUT2D eigenvalue weighted by molar-refractivity contribution is -0.137. The molecule has 3 nitrogen and oxygen atoms in total. The van der Waals surface area contributed by atoms with Crippen LogP contribution in [0, 0.1) is 0 Å². The van der Waals surface area contributed by atoms with Crippen molar-refractivity contribution in [2.24, 2.45) is 5.73 Å². The highest BCUT2D eigenvalue weighted by Gasteiger charge is 2.31. The Balaban J connectivity index is 2.56. The Kier molecular flexibility index (Phi) is 1.01. The monoisotopic (exact) mass is 115 g/mol. The largest absolute Gasteiger partial charge is 0.464 e. The first-order valence-corrected chi connectivity index (χ1v) is 2.55. The van der Waals surface area contributed by atoms with E-state index in [4.69, 9.17) is 5.73 Å². The molecule has 1 rings (SSSR count). The van der Waals surface area contributed by atoms with Crippen molar-refractivity contribution < 1.29 is 9.53 Å². The molecular formula is C5H9NO2. The van der Waals surface area contributed by atoms with E-state index in [9.17, 15) is 4.79 Å². The Hall–Kier alpha value is -0.570. The van der Waals surface area contributed by atoms with E-state index in [0.29, 0.717) is 13.0 Å². The van der Waals surface area contributed by atoms with Crippen LogP contribution < -0.4 is 5.73 Å². The summed E-state index contributed by atoms with van der Waals surface area (Å²) < 4.78 is 4.60. The first kappa shape index (κ1) is 5.56. The molecule has 1 aliphatic heterocycles. The SMILES string of the molecule is CC1(N)COC(=O)C1. The van der Waals surface area contributed by atoms with Gasteiger partial charge in [-0.2, -0.15) is 0 Å². The summed E-state index contributed by atoms with van der Waals surface area (Å²) in [4.78, 5) is 10.4. The van der Waals surface area contributed by atoms with Gasteiger partial charge in [-0.3, -0.25) is 4.79 Å². The average molecular weight is 115 g/mol. The van der Waals surface area contributed by atoms with Crippen LogP contribution in [0.1, 0.15) is 13.3 Å². The van der Waals surface area contributed by atoms with Gasteiger partial charge in [-0.25, -0.2) is 0 Å². The summed E-state index contributed by atoms with van der Waals surface area (Å²) in [6.07, 6.45) is 0.354. The number of carbonyl (C=O) groups excluding carboxylic acids is 1. The lowest BCUT2D eigenvalue weighted by atomic mass is 10.0. The second kappa shape index (κ2) is 1.45. The molecule has 1 fully saturated rings. The molecule has 0 amide bonds. The van der Waals surface area contributed by atoms with Crippen LogP contribution in [-0.2, 0) is 9.53 Å². The number of cyclic esters (lactones) is 1. The molecule has 8 heavy (non-hydrogen) atoms. The molecule has 0 bridgehead atoms. The molecule has 46 valence electrons. The molecule has 0 aliphatic carbocycles. The van der Waals surface area contributed by atoms with Gasteiger partial charge in [-0.05, 0) is 6.92 Å². The van der Waals surface area contributed by atoms with Crippen LogP contribution in [0.3, 0.4) is 0 Å². The number of ether oxygens (including phenoxy) is 1. The number of nitrogens with two attached hydrogens (primary N) is 1. The van der Waals surface area contributed by atoms with E-state index < -0.39 is 5.54 Å². The second-order valence-electron chi connectivity index (χ2n) is 2.49. The Bertz CT molecular complexity index is 120. The fourth-order valence-corrected chi connectivity index (χ4v) is 0.677. The summed E-state index contributed by atoms with van der Waals surface area (Å²) in [5, 5.41) is 0. The van der Waals surface area contributed by atoms with E-state index in [-0.39, 0.29) is 5.97 Å². The van der Waals surface area contributed by atoms with Gasteiger partial charge in [-0.1, -0.05) is 0 Å². The maximum atomic E-state index is 10.4. The van der Waals surface area contributed by atoms with Crippen molar-refractivity contribution in [2.75, 3.05) is 6.61 Å². The van der Waals surface area contributed by atoms with Gasteiger partial charge >= 0.3 is 5.97 Å². The zero-order chi connectivity index (χ0) is 6.20. The van der Waals surface area contributed by atoms with Gasteiger partial charge in [0.2, 0.25) is 0 Å². The summed E-state index contributed by atoms with van der Waals surface area (Å²) in [5.41, 5.74) is 5.12. The summed E-state index contributed by atoms with van der Waals surface area (Å²) in [5.74, 6) is -0.185. The molecule has 0 aromatic carbocycles. The van der Waals surface area contributed by atoms with Crippen molar-refractivity contribution >= 4 is 5.97 Å². The molecule has 1 aliphatic rings. The van der Waals surface area contributed by atoms with Crippen molar-refractivity contribution in [3.05, 3.63) is 0 Å². The number of hydrogen-bond donors (Lipinski definition) is 1. The van der Waals surface area contributed by atoms with Crippen LogP contribution in [-0.4, -0.2) is 18.1 Å². The van der Waals surface area contributed by atoms with Crippen LogP contribution in [0.25, 0.3) is 0 Å². The van der Waals surface area contributed by atoms with Crippen molar-refractivity contribution in [2.45, 2.75) is 18.9 Å². The van der Waals surface area contributed by atoms with Gasteiger partial charge in [0.15, 0.2) is 0 Å². The maximum Gasteiger partial charge on any atom is 0.307 e. The van der Waals surface area contributed by atoms with Gasteiger partial charge in [0.25, 0.3) is 0 Å². The predicted molar refractivity (Wildman–Crippen MR) is 28.2 cm³/mol. The summed E-state index contributed by atoms with van der Waals surface area (Å²) in [6, 6.07) is 0. The third kappa shape index (κ3) is 0.980. The van der Waals surface area contributed by atoms with Gasteiger partial charge in [0.1, 0.15) is 6.61 Å². The average Bonchev–Trinajstić information content (AvgIpc) is 1.82. The molecule has 0 radical (unpaired) electrons. The van der Waals surface area contributed by atoms with Crippen LogP contribution in [0.15, 0.2) is 0 Å². The van der Waals surface area contributed by atoms with Crippen LogP contribution in [0.2, 0.25) is 0 Å². The Labute approximate surface area is 47.8 Å². The molecular weight excluding hydrogens is 106 g/mol. The number of hydrogen-bond acceptors (Lipinski definition) is 3. The molecule has 0 spiro atoms. The number of carbonyl (C=O) groups is 1. The minimum Gasteiger partial charge on any atom is -0.464 e. The van der Waals surface area contributed by atoms with Crippen molar-refractivity contribution in [1.82, 2.24) is 0 Å². The first-order chi connectivity index (χ1) is 3.60. The minimum atomic E-state index is -0.406. The zero-order valence-corrected chi connectivity index (χ0v) is 4.81. The van der Waals surface area contributed by atoms with Crippen LogP contribution >= 0.6 is 0 Å². The lowest BCUT2D eigenvalue weighted by Gasteiger charge is -2.09. The van der Waals surface area contributed by atoms with E-state index in [0.717, 1.165) is 0 Å². The standard InChI is InChI=1S/C5H9NO2/c1-5(6)2-4(7)8-3-5/h2-3,6H2,1H3. The summed E-state index contributed by atoms with van der Waals surface area (Å²) in [6.45, 7) is 2.17. The molecule has 0 saturated carbocycles. The third-order valence-electron chi connectivity index (χ3n) is 1.11. The summed E-state index contributed by atoms with van der Waals surface area (Å²) in [7, 11) is 0. The van der Waals surface area contributed by atoms with Gasteiger partial charge < -0.3 is 10.5 Å². The highest BCUT2D eigenvalue weighted by atomic mass is 16.5. The highest BCUT2D eigenvalue weighted by Crippen LogP contribution is 2.14. The molecule has 1 unspecified atom stereocenters. The predicted octanol–water partition coefficient (Wildman–Crippen LogP) is -0.349. The Morgan fingerprint density at radius 3 is 2.62 bits per heavy atom. The van der Waals surface area contributed by atoms with Gasteiger partial charge in [0, 0.05) is 0 Å². The highest BCUT2D eigenvalue weighted by molar-refractivity contribution is 5.73. The van der Waals surface area contributed by atoms with Crippen molar-refractivity contribution in [3.8, 4) is 0 Å². The number of esters is 1. The van der Waals surface area contributed by atoms with Crippen LogP contribution in [0.4, 0.5) is 0 Å². The van der Waals surface area contributed by atoms with E-state index in [2.05, 4.69) is 4.74 Å². The third-order valence-corrected chi connectivity index (χ3v) is 1.11. The fourth-order valence-electron chi connectivity index (χ4n) is 0.677. The van der Waals surface area contributed by atoms with Crippen molar-refractivity contribution in [1.29, 1.82) is 0 Å². The van der Waals surface area contributed by atoms with Crippen molar-refractivity contribution in [3.63, 3.8) is 0 Å². The normalized spacial score (nSPS) is 37.5. The van der Waals surface area contributed by atoms with E-state index >= 15 is 0 Å². The first-order valence-electron chi connectivity index (χ1n) is 2.55. The fraction of sp³-hybridized carbons (Fsp3) is 0.800. The molecule has 0 aromatic rings. The number of rotatable bonds is 0. The maximum absolute atomic E-state index is 10.4. The molecule has 1 saturated heterocycles. The van der Waals surface area contributed by atoms with Gasteiger partial charge in [0.05, 0.1) is 12.0 Å². The Morgan fingerprint density at radius 2 is 2.50 bits per heavy atom. The Morgan fingerprint density at radius 1 is 1.88 bits per heavy atom. The topological polar surface area (TPSA) is 52.3 Å². The quantitative estimate of drug-likeness (QED) is 0.439. The second-order valence-corrected chi connectivity index (χ2v) is 2.49. The molecule has 1 heterocycles. The van der Waals surface area contributed by atoms with Crippen LogP contribution in [0.5, 0.6) is 0 Å². The molecule has 3 heteroatoms. The van der Waals surface area contributed by atoms with E-state index in [1.165, 1.54) is 0 Å². The smallest absolute Gasteiger partial charge is 0.307 e. The van der Waals surface area contributed by atoms with Gasteiger partial charge in [-0.15, -0.1) is 0 Å².